The number of rotatable bonds is 4. The molecule has 0 aliphatic rings. The maximum atomic E-state index is 5.35. The monoisotopic (exact) mass is 196 g/mol. The van der Waals surface area contributed by atoms with Gasteiger partial charge in [-0.25, -0.2) is 0 Å². The molecular formula is C9H12N2OS. The third-order valence-corrected chi connectivity index (χ3v) is 1.68. The Morgan fingerprint density at radius 3 is 3.00 bits per heavy atom. The van der Waals surface area contributed by atoms with Gasteiger partial charge < -0.3 is 15.8 Å². The van der Waals surface area contributed by atoms with Crippen LogP contribution in [-0.2, 0) is 0 Å². The van der Waals surface area contributed by atoms with Crippen LogP contribution in [0.3, 0.4) is 0 Å². The number of ether oxygens (including phenoxy) is 1. The Labute approximate surface area is 82.9 Å². The van der Waals surface area contributed by atoms with Gasteiger partial charge in [0, 0.05) is 11.8 Å². The maximum Gasteiger partial charge on any atom is 0.120 e. The van der Waals surface area contributed by atoms with Crippen LogP contribution in [0, 0.1) is 0 Å². The number of nitrogens with two attached hydrogens (primary N) is 1. The molecule has 1 aromatic rings. The number of benzene rings is 1. The second-order valence-corrected chi connectivity index (χ2v) is 3.08. The van der Waals surface area contributed by atoms with E-state index in [4.69, 9.17) is 22.7 Å². The van der Waals surface area contributed by atoms with E-state index in [2.05, 4.69) is 5.32 Å². The number of hydrogen-bond acceptors (Lipinski definition) is 3. The number of anilines is 1. The standard InChI is InChI=1S/C9H12N2OS/c1-12-8-4-2-3-7(5-8)11-6-9(10)13/h2-5,11H,6H2,1H3,(H2,10,13). The van der Waals surface area contributed by atoms with Crippen LogP contribution in [0.4, 0.5) is 5.69 Å². The Morgan fingerprint density at radius 1 is 1.62 bits per heavy atom. The Hall–Kier alpha value is -1.29. The lowest BCUT2D eigenvalue weighted by atomic mass is 10.3. The van der Waals surface area contributed by atoms with Gasteiger partial charge in [-0.3, -0.25) is 0 Å². The summed E-state index contributed by atoms with van der Waals surface area (Å²) >= 11 is 4.74. The largest absolute Gasteiger partial charge is 0.497 e. The summed E-state index contributed by atoms with van der Waals surface area (Å²) in [6.45, 7) is 0.502. The van der Waals surface area contributed by atoms with Crippen molar-refractivity contribution in [2.24, 2.45) is 5.73 Å². The van der Waals surface area contributed by atoms with Crippen molar-refractivity contribution in [3.8, 4) is 5.75 Å². The zero-order valence-electron chi connectivity index (χ0n) is 7.41. The highest BCUT2D eigenvalue weighted by molar-refractivity contribution is 7.80. The minimum atomic E-state index is 0.447. The van der Waals surface area contributed by atoms with Crippen LogP contribution in [0.2, 0.25) is 0 Å². The van der Waals surface area contributed by atoms with Crippen LogP contribution in [0.1, 0.15) is 0 Å². The average Bonchev–Trinajstić information content (AvgIpc) is 2.15. The van der Waals surface area contributed by atoms with Gasteiger partial charge in [0.15, 0.2) is 0 Å². The number of methoxy groups -OCH3 is 1. The van der Waals surface area contributed by atoms with E-state index >= 15 is 0 Å². The number of hydrogen-bond donors (Lipinski definition) is 2. The molecule has 4 heteroatoms. The summed E-state index contributed by atoms with van der Waals surface area (Å²) < 4.78 is 5.06. The fourth-order valence-electron chi connectivity index (χ4n) is 0.922. The van der Waals surface area contributed by atoms with Crippen molar-refractivity contribution in [3.05, 3.63) is 24.3 Å². The predicted molar refractivity (Wildman–Crippen MR) is 58.3 cm³/mol. The van der Waals surface area contributed by atoms with E-state index in [-0.39, 0.29) is 0 Å². The molecule has 0 heterocycles. The molecule has 0 unspecified atom stereocenters. The molecule has 0 aromatic heterocycles. The van der Waals surface area contributed by atoms with E-state index in [0.717, 1.165) is 11.4 Å². The van der Waals surface area contributed by atoms with Gasteiger partial charge in [-0.1, -0.05) is 18.3 Å². The minimum Gasteiger partial charge on any atom is -0.497 e. The first kappa shape index (κ1) is 9.80. The average molecular weight is 196 g/mol. The van der Waals surface area contributed by atoms with Gasteiger partial charge >= 0.3 is 0 Å². The molecule has 0 spiro atoms. The molecule has 3 N–H and O–H groups in total. The third kappa shape index (κ3) is 3.29. The van der Waals surface area contributed by atoms with E-state index < -0.39 is 0 Å². The first-order valence-electron chi connectivity index (χ1n) is 3.88. The second-order valence-electron chi connectivity index (χ2n) is 2.55. The van der Waals surface area contributed by atoms with Gasteiger partial charge in [0.1, 0.15) is 5.75 Å². The Balaban J connectivity index is 2.61. The molecule has 0 saturated heterocycles. The zero-order chi connectivity index (χ0) is 9.68. The summed E-state index contributed by atoms with van der Waals surface area (Å²) in [5.41, 5.74) is 6.30. The summed E-state index contributed by atoms with van der Waals surface area (Å²) in [6, 6.07) is 7.60. The fourth-order valence-corrected chi connectivity index (χ4v) is 0.994. The lowest BCUT2D eigenvalue weighted by molar-refractivity contribution is 0.415. The lowest BCUT2D eigenvalue weighted by Gasteiger charge is -2.06. The van der Waals surface area contributed by atoms with Crippen molar-refractivity contribution >= 4 is 22.9 Å². The molecule has 0 aliphatic heterocycles. The molecule has 0 radical (unpaired) electrons. The van der Waals surface area contributed by atoms with E-state index in [1.807, 2.05) is 24.3 Å². The third-order valence-electron chi connectivity index (χ3n) is 1.54. The van der Waals surface area contributed by atoms with Gasteiger partial charge in [0.05, 0.1) is 18.6 Å². The SMILES string of the molecule is COc1cccc(NCC(N)=S)c1. The molecule has 0 fully saturated rings. The van der Waals surface area contributed by atoms with Crippen LogP contribution in [0.15, 0.2) is 24.3 Å². The molecule has 0 atom stereocenters. The Bertz CT molecular complexity index is 301. The van der Waals surface area contributed by atoms with Crippen molar-refractivity contribution in [3.63, 3.8) is 0 Å². The normalized spacial score (nSPS) is 9.31. The fraction of sp³-hybridized carbons (Fsp3) is 0.222. The molecule has 0 bridgehead atoms. The number of thiocarbonyl (C=S) groups is 1. The van der Waals surface area contributed by atoms with Gasteiger partial charge in [0.2, 0.25) is 0 Å². The van der Waals surface area contributed by atoms with Crippen molar-refractivity contribution < 1.29 is 4.74 Å². The summed E-state index contributed by atoms with van der Waals surface area (Å²) in [5, 5.41) is 3.07. The first-order valence-corrected chi connectivity index (χ1v) is 4.29. The first-order chi connectivity index (χ1) is 6.22. The number of nitrogens with one attached hydrogen (secondary N) is 1. The quantitative estimate of drug-likeness (QED) is 0.714. The molecule has 0 saturated carbocycles. The molecular weight excluding hydrogens is 184 g/mol. The highest BCUT2D eigenvalue weighted by Crippen LogP contribution is 2.15. The summed E-state index contributed by atoms with van der Waals surface area (Å²) in [5.74, 6) is 0.813. The van der Waals surface area contributed by atoms with Crippen molar-refractivity contribution in [1.82, 2.24) is 0 Å². The van der Waals surface area contributed by atoms with Gasteiger partial charge in [0.25, 0.3) is 0 Å². The Kier molecular flexibility index (Phi) is 3.52. The van der Waals surface area contributed by atoms with E-state index in [9.17, 15) is 0 Å². The second kappa shape index (κ2) is 4.67. The van der Waals surface area contributed by atoms with Gasteiger partial charge in [-0.2, -0.15) is 0 Å². The van der Waals surface area contributed by atoms with Gasteiger partial charge in [-0.15, -0.1) is 0 Å². The molecule has 1 rings (SSSR count). The summed E-state index contributed by atoms with van der Waals surface area (Å²) in [7, 11) is 1.63. The molecule has 0 amide bonds. The van der Waals surface area contributed by atoms with Crippen LogP contribution in [-0.4, -0.2) is 18.6 Å². The molecule has 70 valence electrons. The Morgan fingerprint density at radius 2 is 2.38 bits per heavy atom. The maximum absolute atomic E-state index is 5.35. The predicted octanol–water partition coefficient (Wildman–Crippen LogP) is 1.39. The topological polar surface area (TPSA) is 47.3 Å². The van der Waals surface area contributed by atoms with Crippen molar-refractivity contribution in [2.45, 2.75) is 0 Å². The summed E-state index contributed by atoms with van der Waals surface area (Å²) in [6.07, 6.45) is 0. The minimum absolute atomic E-state index is 0.447. The van der Waals surface area contributed by atoms with Crippen molar-refractivity contribution in [2.75, 3.05) is 19.0 Å². The summed E-state index contributed by atoms with van der Waals surface area (Å²) in [4.78, 5) is 0.447. The van der Waals surface area contributed by atoms with Crippen LogP contribution >= 0.6 is 12.2 Å². The van der Waals surface area contributed by atoms with Gasteiger partial charge in [-0.05, 0) is 12.1 Å². The van der Waals surface area contributed by atoms with Crippen LogP contribution in [0.5, 0.6) is 5.75 Å². The molecule has 3 nitrogen and oxygen atoms in total. The van der Waals surface area contributed by atoms with Crippen LogP contribution in [0.25, 0.3) is 0 Å². The molecule has 13 heavy (non-hydrogen) atoms. The highest BCUT2D eigenvalue weighted by atomic mass is 32.1. The lowest BCUT2D eigenvalue weighted by Crippen LogP contribution is -2.19. The van der Waals surface area contributed by atoms with E-state index in [1.54, 1.807) is 7.11 Å². The van der Waals surface area contributed by atoms with E-state index in [1.165, 1.54) is 0 Å². The van der Waals surface area contributed by atoms with E-state index in [0.29, 0.717) is 11.5 Å². The highest BCUT2D eigenvalue weighted by Gasteiger charge is 1.94. The van der Waals surface area contributed by atoms with Crippen molar-refractivity contribution in [1.29, 1.82) is 0 Å². The molecule has 0 aliphatic carbocycles. The smallest absolute Gasteiger partial charge is 0.120 e. The molecule has 1 aromatic carbocycles. The zero-order valence-corrected chi connectivity index (χ0v) is 8.23. The van der Waals surface area contributed by atoms with Crippen LogP contribution < -0.4 is 15.8 Å².